The highest BCUT2D eigenvalue weighted by Gasteiger charge is 2.68. The van der Waals surface area contributed by atoms with Gasteiger partial charge >= 0.3 is 5.97 Å². The zero-order chi connectivity index (χ0) is 13.5. The quantitative estimate of drug-likeness (QED) is 0.752. The number of ether oxygens (including phenoxy) is 2. The summed E-state index contributed by atoms with van der Waals surface area (Å²) in [6.07, 6.45) is 5.31. The van der Waals surface area contributed by atoms with Gasteiger partial charge in [-0.3, -0.25) is 9.59 Å². The first-order valence-electron chi connectivity index (χ1n) is 7.81. The van der Waals surface area contributed by atoms with E-state index in [-0.39, 0.29) is 29.8 Å². The first-order valence-corrected chi connectivity index (χ1v) is 7.81. The Labute approximate surface area is 117 Å². The van der Waals surface area contributed by atoms with Gasteiger partial charge in [-0.15, -0.1) is 0 Å². The molecule has 108 valence electrons. The minimum absolute atomic E-state index is 0.0259. The van der Waals surface area contributed by atoms with Crippen LogP contribution in [0.4, 0.5) is 0 Å². The van der Waals surface area contributed by atoms with Gasteiger partial charge < -0.3 is 14.8 Å². The topological polar surface area (TPSA) is 64.6 Å². The molecule has 5 atom stereocenters. The van der Waals surface area contributed by atoms with E-state index < -0.39 is 5.60 Å². The average Bonchev–Trinajstić information content (AvgIpc) is 3.12. The van der Waals surface area contributed by atoms with Crippen molar-refractivity contribution in [2.75, 3.05) is 6.61 Å². The number of esters is 1. The van der Waals surface area contributed by atoms with Crippen LogP contribution in [0.1, 0.15) is 32.1 Å². The minimum Gasteiger partial charge on any atom is -0.462 e. The monoisotopic (exact) mass is 277 g/mol. The summed E-state index contributed by atoms with van der Waals surface area (Å²) in [5.41, 5.74) is -0.485. The van der Waals surface area contributed by atoms with Crippen LogP contribution in [-0.4, -0.2) is 36.2 Å². The van der Waals surface area contributed by atoms with Crippen molar-refractivity contribution in [3.63, 3.8) is 0 Å². The molecule has 0 aromatic heterocycles. The lowest BCUT2D eigenvalue weighted by atomic mass is 9.73. The van der Waals surface area contributed by atoms with E-state index in [1.165, 1.54) is 12.8 Å². The molecule has 6 fully saturated rings. The second-order valence-corrected chi connectivity index (χ2v) is 7.32. The van der Waals surface area contributed by atoms with E-state index in [1.54, 1.807) is 0 Å². The SMILES string of the molecule is O=C(NC1CC2CC1C2)[C@H]1[C@H]2C(=O)OC[C@]23CC[C@H]1O3. The van der Waals surface area contributed by atoms with Crippen molar-refractivity contribution in [2.45, 2.75) is 49.9 Å². The molecule has 5 heteroatoms. The summed E-state index contributed by atoms with van der Waals surface area (Å²) in [5.74, 6) is 0.604. The molecule has 3 heterocycles. The third-order valence-corrected chi connectivity index (χ3v) is 6.34. The highest BCUT2D eigenvalue weighted by Crippen LogP contribution is 2.55. The van der Waals surface area contributed by atoms with Crippen molar-refractivity contribution >= 4 is 11.9 Å². The van der Waals surface area contributed by atoms with Gasteiger partial charge in [0.05, 0.1) is 12.0 Å². The third-order valence-electron chi connectivity index (χ3n) is 6.34. The zero-order valence-electron chi connectivity index (χ0n) is 11.3. The van der Waals surface area contributed by atoms with Crippen LogP contribution in [0.25, 0.3) is 0 Å². The number of hydrogen-bond acceptors (Lipinski definition) is 4. The van der Waals surface area contributed by atoms with Gasteiger partial charge in [0, 0.05) is 6.04 Å². The maximum absolute atomic E-state index is 12.6. The Hall–Kier alpha value is -1.10. The normalized spacial score (nSPS) is 54.5. The fourth-order valence-electron chi connectivity index (χ4n) is 5.31. The van der Waals surface area contributed by atoms with Gasteiger partial charge in [0.2, 0.25) is 5.91 Å². The fourth-order valence-corrected chi connectivity index (χ4v) is 5.31. The van der Waals surface area contributed by atoms with Gasteiger partial charge in [-0.25, -0.2) is 0 Å². The molecule has 6 rings (SSSR count). The summed E-state index contributed by atoms with van der Waals surface area (Å²) in [6.45, 7) is 0.338. The Bertz CT molecular complexity index is 500. The molecule has 0 radical (unpaired) electrons. The molecular formula is C15H19NO4. The molecule has 3 aliphatic heterocycles. The standard InChI is InChI=1S/C15H19NO4/c17-13(16-9-5-7-3-8(9)4-7)11-10-1-2-15(20-10)6-19-14(18)12(11)15/h7-12H,1-6H2,(H,16,17)/t7?,8?,9?,10-,11-,12+,15-/m1/s1. The van der Waals surface area contributed by atoms with E-state index in [9.17, 15) is 9.59 Å². The fraction of sp³-hybridized carbons (Fsp3) is 0.867. The lowest BCUT2D eigenvalue weighted by Crippen LogP contribution is -2.48. The average molecular weight is 277 g/mol. The molecule has 4 bridgehead atoms. The molecule has 5 nitrogen and oxygen atoms in total. The number of hydrogen-bond donors (Lipinski definition) is 1. The summed E-state index contributed by atoms with van der Waals surface area (Å²) in [6, 6.07) is 0.333. The predicted octanol–water partition coefficient (Wildman–Crippen LogP) is 0.622. The molecule has 1 spiro atoms. The summed E-state index contributed by atoms with van der Waals surface area (Å²) in [5, 5.41) is 3.20. The van der Waals surface area contributed by atoms with E-state index >= 15 is 0 Å². The van der Waals surface area contributed by atoms with Gasteiger partial charge in [-0.1, -0.05) is 0 Å². The minimum atomic E-state index is -0.485. The molecule has 6 aliphatic rings. The molecule has 0 aromatic carbocycles. The smallest absolute Gasteiger partial charge is 0.313 e. The predicted molar refractivity (Wildman–Crippen MR) is 67.5 cm³/mol. The number of fused-ring (bicyclic) bond motifs is 2. The van der Waals surface area contributed by atoms with Crippen LogP contribution in [0.3, 0.4) is 0 Å². The van der Waals surface area contributed by atoms with E-state index in [0.717, 1.165) is 25.2 Å². The molecule has 1 unspecified atom stereocenters. The van der Waals surface area contributed by atoms with Crippen molar-refractivity contribution in [1.29, 1.82) is 0 Å². The lowest BCUT2D eigenvalue weighted by Gasteiger charge is -2.28. The van der Waals surface area contributed by atoms with Gasteiger partial charge in [-0.05, 0) is 43.9 Å². The first kappa shape index (κ1) is 11.5. The number of amides is 1. The van der Waals surface area contributed by atoms with Gasteiger partial charge in [0.25, 0.3) is 0 Å². The molecule has 3 saturated carbocycles. The molecule has 1 N–H and O–H groups in total. The zero-order valence-corrected chi connectivity index (χ0v) is 11.3. The highest BCUT2D eigenvalue weighted by atomic mass is 16.6. The Balaban J connectivity index is 1.38. The van der Waals surface area contributed by atoms with E-state index in [0.29, 0.717) is 18.6 Å². The Kier molecular flexibility index (Phi) is 2.06. The van der Waals surface area contributed by atoms with Crippen LogP contribution in [0.2, 0.25) is 0 Å². The van der Waals surface area contributed by atoms with Crippen LogP contribution < -0.4 is 5.32 Å². The van der Waals surface area contributed by atoms with Gasteiger partial charge in [0.1, 0.15) is 18.1 Å². The number of rotatable bonds is 2. The second kappa shape index (κ2) is 3.56. The second-order valence-electron chi connectivity index (χ2n) is 7.32. The number of carbonyl (C=O) groups is 2. The van der Waals surface area contributed by atoms with Crippen LogP contribution >= 0.6 is 0 Å². The number of cyclic esters (lactones) is 1. The van der Waals surface area contributed by atoms with Crippen LogP contribution in [0.5, 0.6) is 0 Å². The van der Waals surface area contributed by atoms with E-state index in [1.807, 2.05) is 0 Å². The third kappa shape index (κ3) is 1.27. The Morgan fingerprint density at radius 1 is 1.30 bits per heavy atom. The Morgan fingerprint density at radius 3 is 2.90 bits per heavy atom. The number of carbonyl (C=O) groups excluding carboxylic acids is 2. The maximum atomic E-state index is 12.6. The highest BCUT2D eigenvalue weighted by molar-refractivity contribution is 5.89. The summed E-state index contributed by atoms with van der Waals surface area (Å²) in [7, 11) is 0. The molecule has 0 aromatic rings. The van der Waals surface area contributed by atoms with Crippen LogP contribution in [0.15, 0.2) is 0 Å². The van der Waals surface area contributed by atoms with E-state index in [2.05, 4.69) is 5.32 Å². The Morgan fingerprint density at radius 2 is 2.15 bits per heavy atom. The van der Waals surface area contributed by atoms with Crippen molar-refractivity contribution in [3.05, 3.63) is 0 Å². The largest absolute Gasteiger partial charge is 0.462 e. The first-order chi connectivity index (χ1) is 9.66. The van der Waals surface area contributed by atoms with Crippen molar-refractivity contribution in [3.8, 4) is 0 Å². The van der Waals surface area contributed by atoms with E-state index in [4.69, 9.17) is 9.47 Å². The summed E-state index contributed by atoms with van der Waals surface area (Å²) in [4.78, 5) is 24.6. The van der Waals surface area contributed by atoms with Crippen molar-refractivity contribution < 1.29 is 19.1 Å². The van der Waals surface area contributed by atoms with Gasteiger partial charge in [-0.2, -0.15) is 0 Å². The molecule has 3 aliphatic carbocycles. The van der Waals surface area contributed by atoms with Crippen LogP contribution in [0, 0.1) is 23.7 Å². The molecule has 1 amide bonds. The number of nitrogens with one attached hydrogen (secondary N) is 1. The molecular weight excluding hydrogens is 258 g/mol. The molecule has 3 saturated heterocycles. The van der Waals surface area contributed by atoms with Gasteiger partial charge in [0.15, 0.2) is 0 Å². The van der Waals surface area contributed by atoms with Crippen molar-refractivity contribution in [1.82, 2.24) is 5.32 Å². The molecule has 20 heavy (non-hydrogen) atoms. The lowest BCUT2D eigenvalue weighted by molar-refractivity contribution is -0.146. The summed E-state index contributed by atoms with van der Waals surface area (Å²) >= 11 is 0. The van der Waals surface area contributed by atoms with Crippen molar-refractivity contribution in [2.24, 2.45) is 23.7 Å². The summed E-state index contributed by atoms with van der Waals surface area (Å²) < 4.78 is 11.2. The van der Waals surface area contributed by atoms with Crippen LogP contribution in [-0.2, 0) is 19.1 Å². The maximum Gasteiger partial charge on any atom is 0.313 e.